The van der Waals surface area contributed by atoms with E-state index in [0.717, 1.165) is 16.1 Å². The quantitative estimate of drug-likeness (QED) is 0.555. The van der Waals surface area contributed by atoms with Gasteiger partial charge < -0.3 is 10.6 Å². The lowest BCUT2D eigenvalue weighted by molar-refractivity contribution is -0.120. The zero-order valence-corrected chi connectivity index (χ0v) is 18.6. The molecule has 0 aliphatic rings. The molecule has 0 saturated carbocycles. The first kappa shape index (κ1) is 21.2. The number of hydrogen-bond donors (Lipinski definition) is 2. The lowest BCUT2D eigenvalue weighted by atomic mass is 9.86. The van der Waals surface area contributed by atoms with Crippen molar-refractivity contribution >= 4 is 39.6 Å². The molecule has 3 aromatic rings. The summed E-state index contributed by atoms with van der Waals surface area (Å²) >= 11 is 2.91. The Morgan fingerprint density at radius 2 is 1.83 bits per heavy atom. The maximum atomic E-state index is 12.5. The third kappa shape index (κ3) is 5.74. The maximum absolute atomic E-state index is 12.5. The van der Waals surface area contributed by atoms with Crippen molar-refractivity contribution in [3.8, 4) is 11.3 Å². The molecule has 0 aliphatic carbocycles. The van der Waals surface area contributed by atoms with E-state index in [1.165, 1.54) is 35.2 Å². The van der Waals surface area contributed by atoms with Gasteiger partial charge in [0.25, 0.3) is 0 Å². The summed E-state index contributed by atoms with van der Waals surface area (Å²) in [6.07, 6.45) is 0.162. The number of rotatable bonds is 6. The summed E-state index contributed by atoms with van der Waals surface area (Å²) in [6.45, 7) is 8.01. The van der Waals surface area contributed by atoms with Crippen LogP contribution < -0.4 is 10.6 Å². The van der Waals surface area contributed by atoms with Crippen molar-refractivity contribution < 1.29 is 9.59 Å². The Bertz CT molecular complexity index is 970. The fraction of sp³-hybridized carbons (Fsp3) is 0.318. The molecule has 29 heavy (non-hydrogen) atoms. The molecular formula is C22H25N3O2S2. The predicted octanol–water partition coefficient (Wildman–Crippen LogP) is 5.38. The van der Waals surface area contributed by atoms with Crippen LogP contribution in [0, 0.1) is 0 Å². The molecule has 1 atom stereocenters. The first-order chi connectivity index (χ1) is 13.7. The minimum absolute atomic E-state index is 0.104. The van der Waals surface area contributed by atoms with Crippen LogP contribution in [0.4, 0.5) is 5.13 Å². The number of nitrogens with one attached hydrogen (secondary N) is 2. The second kappa shape index (κ2) is 8.88. The van der Waals surface area contributed by atoms with Gasteiger partial charge in [0.2, 0.25) is 11.8 Å². The van der Waals surface area contributed by atoms with Crippen molar-refractivity contribution in [3.63, 3.8) is 0 Å². The second-order valence-corrected chi connectivity index (χ2v) is 9.72. The molecule has 2 amide bonds. The summed E-state index contributed by atoms with van der Waals surface area (Å²) in [5.41, 5.74) is 3.22. The highest BCUT2D eigenvalue weighted by molar-refractivity contribution is 7.14. The molecule has 2 aromatic heterocycles. The molecule has 0 aliphatic heterocycles. The van der Waals surface area contributed by atoms with E-state index in [-0.39, 0.29) is 29.7 Å². The van der Waals surface area contributed by atoms with E-state index < -0.39 is 0 Å². The van der Waals surface area contributed by atoms with Gasteiger partial charge in [0, 0.05) is 22.7 Å². The van der Waals surface area contributed by atoms with E-state index >= 15 is 0 Å². The Kier molecular flexibility index (Phi) is 6.49. The summed E-state index contributed by atoms with van der Waals surface area (Å²) in [4.78, 5) is 29.5. The molecule has 3 rings (SSSR count). The van der Waals surface area contributed by atoms with Crippen molar-refractivity contribution in [2.24, 2.45) is 0 Å². The molecule has 0 spiro atoms. The topological polar surface area (TPSA) is 71.1 Å². The van der Waals surface area contributed by atoms with Crippen LogP contribution in [-0.2, 0) is 15.0 Å². The van der Waals surface area contributed by atoms with Crippen LogP contribution in [0.1, 0.15) is 50.6 Å². The highest BCUT2D eigenvalue weighted by Gasteiger charge is 2.19. The first-order valence-electron chi connectivity index (χ1n) is 9.39. The largest absolute Gasteiger partial charge is 0.348 e. The Morgan fingerprint density at radius 1 is 1.10 bits per heavy atom. The van der Waals surface area contributed by atoms with E-state index in [4.69, 9.17) is 0 Å². The van der Waals surface area contributed by atoms with Gasteiger partial charge in [-0.3, -0.25) is 9.59 Å². The summed E-state index contributed by atoms with van der Waals surface area (Å²) in [5.74, 6) is -0.340. The highest BCUT2D eigenvalue weighted by Crippen LogP contribution is 2.29. The number of benzene rings is 1. The summed E-state index contributed by atoms with van der Waals surface area (Å²) in [7, 11) is 0. The SMILES string of the molecule is CC(=O)N[C@H](CC(=O)Nc1nc(-c2ccc(C(C)(C)C)cc2)cs1)c1cccs1. The van der Waals surface area contributed by atoms with Crippen molar-refractivity contribution in [1.29, 1.82) is 0 Å². The second-order valence-electron chi connectivity index (χ2n) is 7.89. The van der Waals surface area contributed by atoms with Crippen LogP contribution in [0.25, 0.3) is 11.3 Å². The van der Waals surface area contributed by atoms with Gasteiger partial charge in [-0.15, -0.1) is 22.7 Å². The molecule has 7 heteroatoms. The van der Waals surface area contributed by atoms with Crippen LogP contribution in [0.2, 0.25) is 0 Å². The third-order valence-corrected chi connectivity index (χ3v) is 6.19. The lowest BCUT2D eigenvalue weighted by Crippen LogP contribution is -2.29. The van der Waals surface area contributed by atoms with Gasteiger partial charge in [-0.1, -0.05) is 51.1 Å². The van der Waals surface area contributed by atoms with Crippen LogP contribution in [0.3, 0.4) is 0 Å². The Labute approximate surface area is 179 Å². The number of carbonyl (C=O) groups excluding carboxylic acids is 2. The molecule has 1 aromatic carbocycles. The Morgan fingerprint density at radius 3 is 2.41 bits per heavy atom. The minimum atomic E-state index is -0.336. The summed E-state index contributed by atoms with van der Waals surface area (Å²) in [6, 6.07) is 11.8. The van der Waals surface area contributed by atoms with Crippen molar-refractivity contribution in [1.82, 2.24) is 10.3 Å². The normalized spacial score (nSPS) is 12.4. The molecule has 152 valence electrons. The fourth-order valence-corrected chi connectivity index (χ4v) is 4.43. The highest BCUT2D eigenvalue weighted by atomic mass is 32.1. The van der Waals surface area contributed by atoms with Gasteiger partial charge in [-0.25, -0.2) is 4.98 Å². The molecule has 0 fully saturated rings. The molecule has 2 N–H and O–H groups in total. The summed E-state index contributed by atoms with van der Waals surface area (Å²) < 4.78 is 0. The van der Waals surface area contributed by atoms with Gasteiger partial charge in [0.15, 0.2) is 5.13 Å². The zero-order chi connectivity index (χ0) is 21.0. The number of amides is 2. The van der Waals surface area contributed by atoms with Crippen molar-refractivity contribution in [2.75, 3.05) is 5.32 Å². The van der Waals surface area contributed by atoms with Crippen molar-refractivity contribution in [3.05, 3.63) is 57.6 Å². The average Bonchev–Trinajstić information content (AvgIpc) is 3.32. The molecule has 0 radical (unpaired) electrons. The number of hydrogen-bond acceptors (Lipinski definition) is 5. The Balaban J connectivity index is 1.66. The number of carbonyl (C=O) groups is 2. The molecule has 5 nitrogen and oxygen atoms in total. The Hall–Kier alpha value is -2.51. The maximum Gasteiger partial charge on any atom is 0.228 e. The van der Waals surface area contributed by atoms with E-state index in [2.05, 4.69) is 60.7 Å². The van der Waals surface area contributed by atoms with Crippen molar-refractivity contribution in [2.45, 2.75) is 45.6 Å². The average molecular weight is 428 g/mol. The number of aromatic nitrogens is 1. The molecule has 0 saturated heterocycles. The van der Waals surface area contributed by atoms with Crippen LogP contribution in [0.15, 0.2) is 47.2 Å². The van der Waals surface area contributed by atoms with Gasteiger partial charge in [0.1, 0.15) is 0 Å². The third-order valence-electron chi connectivity index (χ3n) is 4.45. The van der Waals surface area contributed by atoms with E-state index in [1.54, 1.807) is 0 Å². The lowest BCUT2D eigenvalue weighted by Gasteiger charge is -2.18. The number of anilines is 1. The smallest absolute Gasteiger partial charge is 0.228 e. The van der Waals surface area contributed by atoms with Gasteiger partial charge in [-0.05, 0) is 22.4 Å². The van der Waals surface area contributed by atoms with E-state index in [9.17, 15) is 9.59 Å². The number of thiophene rings is 1. The molecule has 0 bridgehead atoms. The monoisotopic (exact) mass is 427 g/mol. The number of thiazole rings is 1. The fourth-order valence-electron chi connectivity index (χ4n) is 2.92. The predicted molar refractivity (Wildman–Crippen MR) is 120 cm³/mol. The van der Waals surface area contributed by atoms with Gasteiger partial charge in [-0.2, -0.15) is 0 Å². The molecule has 0 unspecified atom stereocenters. The minimum Gasteiger partial charge on any atom is -0.348 e. The van der Waals surface area contributed by atoms with Gasteiger partial charge >= 0.3 is 0 Å². The molecular weight excluding hydrogens is 402 g/mol. The zero-order valence-electron chi connectivity index (χ0n) is 17.0. The van der Waals surface area contributed by atoms with Crippen LogP contribution in [0.5, 0.6) is 0 Å². The van der Waals surface area contributed by atoms with E-state index in [1.807, 2.05) is 22.9 Å². The van der Waals surface area contributed by atoms with Gasteiger partial charge in [0.05, 0.1) is 18.2 Å². The standard InChI is InChI=1S/C22H25N3O2S2/c1-14(26)23-17(19-6-5-11-28-19)12-20(27)25-21-24-18(13-29-21)15-7-9-16(10-8-15)22(2,3)4/h5-11,13,17H,12H2,1-4H3,(H,23,26)(H,24,25,27)/t17-/m1/s1. The van der Waals surface area contributed by atoms with Crippen LogP contribution >= 0.6 is 22.7 Å². The van der Waals surface area contributed by atoms with E-state index in [0.29, 0.717) is 5.13 Å². The summed E-state index contributed by atoms with van der Waals surface area (Å²) in [5, 5.41) is 10.1. The number of nitrogens with zero attached hydrogens (tertiary/aromatic N) is 1. The van der Waals surface area contributed by atoms with Crippen LogP contribution in [-0.4, -0.2) is 16.8 Å². The molecule has 2 heterocycles. The first-order valence-corrected chi connectivity index (χ1v) is 11.1.